The summed E-state index contributed by atoms with van der Waals surface area (Å²) in [6.45, 7) is 2.28. The van der Waals surface area contributed by atoms with Crippen LogP contribution in [0, 0.1) is 0 Å². The number of thiophene rings is 1. The van der Waals surface area contributed by atoms with Crippen molar-refractivity contribution >= 4 is 37.4 Å². The molecule has 0 fully saturated rings. The lowest BCUT2D eigenvalue weighted by atomic mass is 10.1. The van der Waals surface area contributed by atoms with Crippen LogP contribution in [0.1, 0.15) is 63.2 Å². The Morgan fingerprint density at radius 3 is 2.35 bits per heavy atom. The second-order valence-electron chi connectivity index (χ2n) is 5.62. The van der Waals surface area contributed by atoms with E-state index in [1.54, 1.807) is 4.88 Å². The van der Waals surface area contributed by atoms with Crippen LogP contribution in [0.4, 0.5) is 0 Å². The molecule has 0 spiro atoms. The Hall–Kier alpha value is -0.340. The van der Waals surface area contributed by atoms with Gasteiger partial charge in [0, 0.05) is 14.0 Å². The third-order valence-corrected chi connectivity index (χ3v) is 5.46. The Kier molecular flexibility index (Phi) is 7.09. The van der Waals surface area contributed by atoms with Crippen LogP contribution in [-0.2, 0) is 6.42 Å². The number of benzene rings is 1. The lowest BCUT2D eigenvalue weighted by Crippen LogP contribution is -1.83. The van der Waals surface area contributed by atoms with Gasteiger partial charge in [0.1, 0.15) is 0 Å². The van der Waals surface area contributed by atoms with Gasteiger partial charge in [-0.25, -0.2) is 0 Å². The number of hydrogen-bond donors (Lipinski definition) is 0. The Labute approximate surface area is 135 Å². The first-order chi connectivity index (χ1) is 9.79. The van der Waals surface area contributed by atoms with Crippen molar-refractivity contribution in [3.8, 4) is 0 Å². The molecule has 0 bridgehead atoms. The fourth-order valence-electron chi connectivity index (χ4n) is 2.62. The highest BCUT2D eigenvalue weighted by Crippen LogP contribution is 2.29. The van der Waals surface area contributed by atoms with E-state index in [0.29, 0.717) is 0 Å². The van der Waals surface area contributed by atoms with Gasteiger partial charge < -0.3 is 0 Å². The molecule has 110 valence electrons. The van der Waals surface area contributed by atoms with Crippen LogP contribution >= 0.6 is 27.3 Å². The molecular weight excluding hydrogens is 328 g/mol. The molecule has 0 atom stereocenters. The number of unbranched alkanes of at least 4 members (excludes halogenated alkanes) is 7. The summed E-state index contributed by atoms with van der Waals surface area (Å²) in [5.74, 6) is 0. The van der Waals surface area contributed by atoms with Crippen molar-refractivity contribution in [2.24, 2.45) is 0 Å². The lowest BCUT2D eigenvalue weighted by molar-refractivity contribution is 0.576. The van der Waals surface area contributed by atoms with E-state index in [0.717, 1.165) is 0 Å². The van der Waals surface area contributed by atoms with Gasteiger partial charge >= 0.3 is 0 Å². The predicted molar refractivity (Wildman–Crippen MR) is 95.8 cm³/mol. The van der Waals surface area contributed by atoms with E-state index in [1.807, 2.05) is 11.3 Å². The zero-order valence-electron chi connectivity index (χ0n) is 12.5. The molecule has 2 heteroatoms. The van der Waals surface area contributed by atoms with Gasteiger partial charge in [-0.15, -0.1) is 11.3 Å². The third kappa shape index (κ3) is 5.21. The summed E-state index contributed by atoms with van der Waals surface area (Å²) >= 11 is 5.50. The van der Waals surface area contributed by atoms with Crippen molar-refractivity contribution in [3.05, 3.63) is 33.6 Å². The molecule has 0 saturated carbocycles. The minimum absolute atomic E-state index is 1.19. The van der Waals surface area contributed by atoms with Crippen LogP contribution < -0.4 is 0 Å². The summed E-state index contributed by atoms with van der Waals surface area (Å²) < 4.78 is 2.60. The molecule has 0 aliphatic carbocycles. The first kappa shape index (κ1) is 16.0. The van der Waals surface area contributed by atoms with Gasteiger partial charge in [0.25, 0.3) is 0 Å². The molecule has 0 saturated heterocycles. The minimum atomic E-state index is 1.19. The normalized spacial score (nSPS) is 11.3. The summed E-state index contributed by atoms with van der Waals surface area (Å²) in [5, 5.41) is 1.40. The van der Waals surface area contributed by atoms with Crippen LogP contribution in [0.3, 0.4) is 0 Å². The first-order valence-corrected chi connectivity index (χ1v) is 9.58. The molecule has 0 aliphatic rings. The van der Waals surface area contributed by atoms with Gasteiger partial charge in [-0.3, -0.25) is 0 Å². The Morgan fingerprint density at radius 2 is 1.60 bits per heavy atom. The van der Waals surface area contributed by atoms with Crippen LogP contribution in [0.5, 0.6) is 0 Å². The topological polar surface area (TPSA) is 0 Å². The van der Waals surface area contributed by atoms with Gasteiger partial charge in [0.15, 0.2) is 0 Å². The van der Waals surface area contributed by atoms with Crippen LogP contribution in [0.15, 0.2) is 28.7 Å². The van der Waals surface area contributed by atoms with Crippen molar-refractivity contribution in [2.75, 3.05) is 0 Å². The van der Waals surface area contributed by atoms with E-state index >= 15 is 0 Å². The smallest absolute Gasteiger partial charge is 0.0356 e. The molecule has 1 aromatic heterocycles. The maximum atomic E-state index is 3.55. The fourth-order valence-corrected chi connectivity index (χ4v) is 4.27. The van der Waals surface area contributed by atoms with Gasteiger partial charge in [-0.2, -0.15) is 0 Å². The van der Waals surface area contributed by atoms with Crippen molar-refractivity contribution < 1.29 is 0 Å². The number of halogens is 1. The molecule has 0 nitrogen and oxygen atoms in total. The van der Waals surface area contributed by atoms with Gasteiger partial charge in [0.2, 0.25) is 0 Å². The van der Waals surface area contributed by atoms with Crippen LogP contribution in [-0.4, -0.2) is 0 Å². The summed E-state index contributed by atoms with van der Waals surface area (Å²) in [6.07, 6.45) is 12.5. The lowest BCUT2D eigenvalue weighted by Gasteiger charge is -2.00. The largest absolute Gasteiger partial charge is 0.140 e. The molecule has 0 unspecified atom stereocenters. The van der Waals surface area contributed by atoms with Crippen molar-refractivity contribution in [1.82, 2.24) is 0 Å². The number of rotatable bonds is 9. The molecule has 0 aliphatic heterocycles. The SMILES string of the molecule is CCCCCCCCCCc1cc2ccc(Br)cc2s1. The highest BCUT2D eigenvalue weighted by atomic mass is 79.9. The van der Waals surface area contributed by atoms with Crippen molar-refractivity contribution in [1.29, 1.82) is 0 Å². The summed E-state index contributed by atoms with van der Waals surface area (Å²) in [6, 6.07) is 8.95. The highest BCUT2D eigenvalue weighted by Gasteiger charge is 2.02. The van der Waals surface area contributed by atoms with Gasteiger partial charge in [-0.05, 0) is 36.4 Å². The standard InChI is InChI=1S/C18H25BrS/c1-2-3-4-5-6-7-8-9-10-17-13-15-11-12-16(19)14-18(15)20-17/h11-14H,2-10H2,1H3. The predicted octanol–water partition coefficient (Wildman–Crippen LogP) is 7.35. The van der Waals surface area contributed by atoms with E-state index in [4.69, 9.17) is 0 Å². The monoisotopic (exact) mass is 352 g/mol. The number of aryl methyl sites for hydroxylation is 1. The Balaban J connectivity index is 1.65. The van der Waals surface area contributed by atoms with E-state index in [2.05, 4.69) is 47.1 Å². The van der Waals surface area contributed by atoms with E-state index < -0.39 is 0 Å². The summed E-state index contributed by atoms with van der Waals surface area (Å²) in [5.41, 5.74) is 0. The number of hydrogen-bond acceptors (Lipinski definition) is 1. The molecule has 1 heterocycles. The zero-order chi connectivity index (χ0) is 14.2. The van der Waals surface area contributed by atoms with Gasteiger partial charge in [0.05, 0.1) is 0 Å². The van der Waals surface area contributed by atoms with Crippen molar-refractivity contribution in [3.63, 3.8) is 0 Å². The van der Waals surface area contributed by atoms with Crippen LogP contribution in [0.25, 0.3) is 10.1 Å². The van der Waals surface area contributed by atoms with E-state index in [-0.39, 0.29) is 0 Å². The summed E-state index contributed by atoms with van der Waals surface area (Å²) in [4.78, 5) is 1.55. The van der Waals surface area contributed by atoms with Crippen molar-refractivity contribution in [2.45, 2.75) is 64.7 Å². The fraction of sp³-hybridized carbons (Fsp3) is 0.556. The molecule has 2 rings (SSSR count). The molecule has 1 aromatic carbocycles. The second kappa shape index (κ2) is 8.84. The average molecular weight is 353 g/mol. The molecule has 0 N–H and O–H groups in total. The molecule has 0 amide bonds. The van der Waals surface area contributed by atoms with Gasteiger partial charge in [-0.1, -0.05) is 73.9 Å². The van der Waals surface area contributed by atoms with Crippen LogP contribution in [0.2, 0.25) is 0 Å². The first-order valence-electron chi connectivity index (χ1n) is 7.97. The zero-order valence-corrected chi connectivity index (χ0v) is 14.9. The highest BCUT2D eigenvalue weighted by molar-refractivity contribution is 9.10. The maximum absolute atomic E-state index is 3.55. The molecule has 0 radical (unpaired) electrons. The third-order valence-electron chi connectivity index (χ3n) is 3.81. The second-order valence-corrected chi connectivity index (χ2v) is 7.70. The quantitative estimate of drug-likeness (QED) is 0.414. The Bertz CT molecular complexity index is 515. The summed E-state index contributed by atoms with van der Waals surface area (Å²) in [7, 11) is 0. The average Bonchev–Trinajstić information content (AvgIpc) is 2.83. The minimum Gasteiger partial charge on any atom is -0.140 e. The molecule has 2 aromatic rings. The maximum Gasteiger partial charge on any atom is 0.0356 e. The molecule has 20 heavy (non-hydrogen) atoms. The molecular formula is C18H25BrS. The van der Waals surface area contributed by atoms with E-state index in [1.165, 1.54) is 72.3 Å². The van der Waals surface area contributed by atoms with E-state index in [9.17, 15) is 0 Å². The number of fused-ring (bicyclic) bond motifs is 1. The Morgan fingerprint density at radius 1 is 0.900 bits per heavy atom.